The van der Waals surface area contributed by atoms with E-state index in [9.17, 15) is 10.4 Å². The van der Waals surface area contributed by atoms with Crippen molar-refractivity contribution < 1.29 is 9.84 Å². The van der Waals surface area contributed by atoms with Gasteiger partial charge in [0.25, 0.3) is 0 Å². The molecular weight excluding hydrogens is 340 g/mol. The number of nitrogens with zero attached hydrogens (tertiary/aromatic N) is 4. The predicted molar refractivity (Wildman–Crippen MR) is 105 cm³/mol. The Labute approximate surface area is 160 Å². The van der Waals surface area contributed by atoms with E-state index in [1.807, 2.05) is 6.07 Å². The molecule has 1 atom stereocenters. The zero-order valence-electron chi connectivity index (χ0n) is 15.9. The fourth-order valence-corrected chi connectivity index (χ4v) is 3.63. The summed E-state index contributed by atoms with van der Waals surface area (Å²) >= 11 is 0. The minimum absolute atomic E-state index is 0.147. The summed E-state index contributed by atoms with van der Waals surface area (Å²) < 4.78 is 5.24. The van der Waals surface area contributed by atoms with E-state index in [2.05, 4.69) is 52.0 Å². The zero-order valence-corrected chi connectivity index (χ0v) is 15.9. The van der Waals surface area contributed by atoms with E-state index in [0.29, 0.717) is 17.9 Å². The van der Waals surface area contributed by atoms with Gasteiger partial charge in [0.05, 0.1) is 12.8 Å². The van der Waals surface area contributed by atoms with Crippen LogP contribution in [0.2, 0.25) is 0 Å². The second-order valence-corrected chi connectivity index (χ2v) is 6.89. The lowest BCUT2D eigenvalue weighted by molar-refractivity contribution is 0.135. The van der Waals surface area contributed by atoms with Crippen LogP contribution in [0, 0.1) is 18.3 Å². The smallest absolute Gasteiger partial charge is 0.233 e. The molecule has 0 unspecified atom stereocenters. The van der Waals surface area contributed by atoms with E-state index in [0.717, 1.165) is 31.9 Å². The highest BCUT2D eigenvalue weighted by Gasteiger charge is 2.28. The van der Waals surface area contributed by atoms with Crippen LogP contribution in [0.4, 0.5) is 5.69 Å². The lowest BCUT2D eigenvalue weighted by Gasteiger charge is -2.42. The monoisotopic (exact) mass is 366 g/mol. The largest absolute Gasteiger partial charge is 0.480 e. The van der Waals surface area contributed by atoms with Gasteiger partial charge in [-0.25, -0.2) is 4.98 Å². The first-order valence-electron chi connectivity index (χ1n) is 9.24. The van der Waals surface area contributed by atoms with Gasteiger partial charge in [-0.05, 0) is 25.0 Å². The first kappa shape index (κ1) is 19.2. The van der Waals surface area contributed by atoms with Gasteiger partial charge in [0.1, 0.15) is 11.6 Å². The average molecular weight is 366 g/mol. The summed E-state index contributed by atoms with van der Waals surface area (Å²) in [6.45, 7) is 5.54. The first-order valence-corrected chi connectivity index (χ1v) is 9.24. The predicted octanol–water partition coefficient (Wildman–Crippen LogP) is 2.34. The van der Waals surface area contributed by atoms with Gasteiger partial charge in [0, 0.05) is 45.0 Å². The molecule has 0 radical (unpaired) electrons. The third-order valence-corrected chi connectivity index (χ3v) is 5.11. The summed E-state index contributed by atoms with van der Waals surface area (Å²) in [6, 6.07) is 12.9. The summed E-state index contributed by atoms with van der Waals surface area (Å²) in [5.41, 5.74) is 3.85. The molecule has 0 bridgehead atoms. The van der Waals surface area contributed by atoms with Gasteiger partial charge in [0.15, 0.2) is 0 Å². The number of methoxy groups -OCH3 is 1. The van der Waals surface area contributed by atoms with Crippen LogP contribution in [0.5, 0.6) is 5.88 Å². The van der Waals surface area contributed by atoms with Crippen LogP contribution >= 0.6 is 0 Å². The molecule has 0 saturated carbocycles. The molecule has 142 valence electrons. The molecule has 1 fully saturated rings. The van der Waals surface area contributed by atoms with Gasteiger partial charge in [-0.15, -0.1) is 0 Å². The van der Waals surface area contributed by atoms with E-state index in [4.69, 9.17) is 4.74 Å². The second kappa shape index (κ2) is 8.85. The highest BCUT2D eigenvalue weighted by atomic mass is 16.5. The zero-order chi connectivity index (χ0) is 19.2. The Morgan fingerprint density at radius 3 is 2.70 bits per heavy atom. The summed E-state index contributed by atoms with van der Waals surface area (Å²) in [4.78, 5) is 8.76. The maximum atomic E-state index is 9.55. The molecule has 1 aromatic heterocycles. The Morgan fingerprint density at radius 2 is 2.04 bits per heavy atom. The van der Waals surface area contributed by atoms with Crippen molar-refractivity contribution in [2.75, 3.05) is 38.3 Å². The molecule has 0 amide bonds. The van der Waals surface area contributed by atoms with Crippen LogP contribution in [0.25, 0.3) is 0 Å². The summed E-state index contributed by atoms with van der Waals surface area (Å²) in [5, 5.41) is 19.1. The lowest BCUT2D eigenvalue weighted by atomic mass is 10.0. The van der Waals surface area contributed by atoms with Crippen molar-refractivity contribution in [1.82, 2.24) is 9.88 Å². The molecule has 2 heterocycles. The molecule has 1 saturated heterocycles. The average Bonchev–Trinajstić information content (AvgIpc) is 2.70. The van der Waals surface area contributed by atoms with Crippen molar-refractivity contribution in [3.63, 3.8) is 0 Å². The number of nitriles is 1. The number of benzene rings is 1. The van der Waals surface area contributed by atoms with Crippen LogP contribution < -0.4 is 9.64 Å². The molecule has 0 aliphatic carbocycles. The number of hydrogen-bond acceptors (Lipinski definition) is 6. The first-order chi connectivity index (χ1) is 13.2. The number of ether oxygens (including phenoxy) is 1. The topological polar surface area (TPSA) is 72.6 Å². The Kier molecular flexibility index (Phi) is 6.28. The number of aromatic nitrogens is 1. The minimum Gasteiger partial charge on any atom is -0.480 e. The number of hydrogen-bond donors (Lipinski definition) is 1. The molecule has 6 heteroatoms. The van der Waals surface area contributed by atoms with E-state index < -0.39 is 0 Å². The fourth-order valence-electron chi connectivity index (χ4n) is 3.63. The van der Waals surface area contributed by atoms with Gasteiger partial charge in [-0.3, -0.25) is 4.90 Å². The van der Waals surface area contributed by atoms with Crippen molar-refractivity contribution in [1.29, 1.82) is 5.26 Å². The molecule has 27 heavy (non-hydrogen) atoms. The van der Waals surface area contributed by atoms with E-state index in [-0.39, 0.29) is 12.6 Å². The molecule has 1 aliphatic heterocycles. The van der Waals surface area contributed by atoms with Crippen LogP contribution in [-0.4, -0.2) is 54.4 Å². The quantitative estimate of drug-likeness (QED) is 0.846. The van der Waals surface area contributed by atoms with E-state index in [1.165, 1.54) is 18.2 Å². The molecule has 1 aromatic carbocycles. The molecule has 6 nitrogen and oxygen atoms in total. The van der Waals surface area contributed by atoms with Gasteiger partial charge < -0.3 is 14.7 Å². The standard InChI is InChI=1S/C21H26N4O2/c1-16-3-5-17(6-4-16)14-24-10-11-25(15-18(24)8-12-26)20-7-9-23-21(27-2)19(20)13-22/h3-7,9,18,26H,8,10-12,14-15H2,1-2H3/t18-/m0/s1. The second-order valence-electron chi connectivity index (χ2n) is 6.89. The van der Waals surface area contributed by atoms with Crippen LogP contribution in [0.1, 0.15) is 23.1 Å². The number of pyridine rings is 1. The number of anilines is 1. The maximum Gasteiger partial charge on any atom is 0.233 e. The number of aliphatic hydroxyl groups excluding tert-OH is 1. The van der Waals surface area contributed by atoms with Crippen molar-refractivity contribution in [3.8, 4) is 11.9 Å². The Balaban J connectivity index is 1.78. The fraction of sp³-hybridized carbons (Fsp3) is 0.429. The molecule has 3 rings (SSSR count). The molecule has 1 aliphatic rings. The van der Waals surface area contributed by atoms with Crippen LogP contribution in [0.3, 0.4) is 0 Å². The highest BCUT2D eigenvalue weighted by molar-refractivity contribution is 5.63. The Morgan fingerprint density at radius 1 is 1.26 bits per heavy atom. The van der Waals surface area contributed by atoms with Gasteiger partial charge >= 0.3 is 0 Å². The van der Waals surface area contributed by atoms with Crippen molar-refractivity contribution in [2.45, 2.75) is 25.9 Å². The van der Waals surface area contributed by atoms with E-state index in [1.54, 1.807) is 6.20 Å². The highest BCUT2D eigenvalue weighted by Crippen LogP contribution is 2.29. The normalized spacial score (nSPS) is 17.6. The lowest BCUT2D eigenvalue weighted by Crippen LogP contribution is -2.53. The number of rotatable bonds is 6. The Hall–Kier alpha value is -2.62. The maximum absolute atomic E-state index is 9.55. The number of aliphatic hydroxyl groups is 1. The molecule has 0 spiro atoms. The molecular formula is C21H26N4O2. The van der Waals surface area contributed by atoms with Gasteiger partial charge in [-0.1, -0.05) is 29.8 Å². The van der Waals surface area contributed by atoms with Crippen LogP contribution in [-0.2, 0) is 6.54 Å². The number of aryl methyl sites for hydroxylation is 1. The molecule has 1 N–H and O–H groups in total. The number of piperazine rings is 1. The third kappa shape index (κ3) is 4.38. The van der Waals surface area contributed by atoms with Crippen LogP contribution in [0.15, 0.2) is 36.5 Å². The van der Waals surface area contributed by atoms with Gasteiger partial charge in [-0.2, -0.15) is 5.26 Å². The van der Waals surface area contributed by atoms with Gasteiger partial charge in [0.2, 0.25) is 5.88 Å². The van der Waals surface area contributed by atoms with Crippen molar-refractivity contribution >= 4 is 5.69 Å². The van der Waals surface area contributed by atoms with E-state index >= 15 is 0 Å². The summed E-state index contributed by atoms with van der Waals surface area (Å²) in [5.74, 6) is 0.357. The Bertz CT molecular complexity index is 801. The summed E-state index contributed by atoms with van der Waals surface area (Å²) in [7, 11) is 1.53. The van der Waals surface area contributed by atoms with Crippen molar-refractivity contribution in [3.05, 3.63) is 53.2 Å². The van der Waals surface area contributed by atoms with Crippen molar-refractivity contribution in [2.24, 2.45) is 0 Å². The summed E-state index contributed by atoms with van der Waals surface area (Å²) in [6.07, 6.45) is 2.38. The molecule has 2 aromatic rings. The SMILES string of the molecule is COc1nccc(N2CCN(Cc3ccc(C)cc3)[C@@H](CCO)C2)c1C#N. The third-order valence-electron chi connectivity index (χ3n) is 5.11. The minimum atomic E-state index is 0.147.